The van der Waals surface area contributed by atoms with Crippen LogP contribution in [0.25, 0.3) is 0 Å². The van der Waals surface area contributed by atoms with E-state index in [1.165, 1.54) is 44.9 Å². The molecule has 0 amide bonds. The van der Waals surface area contributed by atoms with Crippen molar-refractivity contribution in [1.29, 1.82) is 0 Å². The Balaban J connectivity index is 2.14. The highest BCUT2D eigenvalue weighted by molar-refractivity contribution is 5.69. The van der Waals surface area contributed by atoms with Gasteiger partial charge in [-0.25, -0.2) is 17.6 Å². The van der Waals surface area contributed by atoms with Crippen LogP contribution in [0.4, 0.5) is 22.0 Å². The standard InChI is InChI=1S/C22H31F5O2/c1-2-3-4-5-6-7-8-9-10-11-12-13-14-18(28)29-22(27)16-15-17(23)20(25)21(26)19(16)24/h15,22H,2-14H2,1H3. The molecule has 166 valence electrons. The van der Waals surface area contributed by atoms with Crippen LogP contribution in [-0.4, -0.2) is 5.97 Å². The molecule has 1 rings (SSSR count). The molecule has 0 heterocycles. The Labute approximate surface area is 169 Å². The third kappa shape index (κ3) is 9.59. The van der Waals surface area contributed by atoms with Crippen LogP contribution in [0, 0.1) is 23.3 Å². The van der Waals surface area contributed by atoms with Crippen molar-refractivity contribution in [2.45, 2.75) is 96.8 Å². The zero-order valence-corrected chi connectivity index (χ0v) is 17.1. The normalized spacial score (nSPS) is 12.2. The van der Waals surface area contributed by atoms with Crippen LogP contribution in [0.5, 0.6) is 0 Å². The molecule has 0 radical (unpaired) electrons. The Morgan fingerprint density at radius 1 is 0.793 bits per heavy atom. The zero-order chi connectivity index (χ0) is 21.6. The number of alkyl halides is 1. The maximum absolute atomic E-state index is 13.8. The van der Waals surface area contributed by atoms with Gasteiger partial charge in [-0.05, 0) is 12.5 Å². The van der Waals surface area contributed by atoms with Crippen molar-refractivity contribution >= 4 is 5.97 Å². The molecule has 0 saturated carbocycles. The number of esters is 1. The minimum absolute atomic E-state index is 0.0778. The van der Waals surface area contributed by atoms with Crippen LogP contribution in [0.3, 0.4) is 0 Å². The van der Waals surface area contributed by atoms with E-state index in [0.717, 1.165) is 25.7 Å². The van der Waals surface area contributed by atoms with E-state index < -0.39 is 41.2 Å². The zero-order valence-electron chi connectivity index (χ0n) is 17.1. The van der Waals surface area contributed by atoms with E-state index in [1.54, 1.807) is 0 Å². The van der Waals surface area contributed by atoms with Gasteiger partial charge in [-0.2, -0.15) is 4.39 Å². The molecule has 2 nitrogen and oxygen atoms in total. The molecule has 29 heavy (non-hydrogen) atoms. The van der Waals surface area contributed by atoms with Gasteiger partial charge < -0.3 is 4.74 Å². The molecule has 1 aromatic carbocycles. The fourth-order valence-electron chi connectivity index (χ4n) is 3.10. The minimum atomic E-state index is -2.69. The lowest BCUT2D eigenvalue weighted by Crippen LogP contribution is -2.11. The Bertz CT molecular complexity index is 622. The summed E-state index contributed by atoms with van der Waals surface area (Å²) in [7, 11) is 0. The summed E-state index contributed by atoms with van der Waals surface area (Å²) in [5.74, 6) is -8.77. The summed E-state index contributed by atoms with van der Waals surface area (Å²) in [5.41, 5.74) is -1.18. The van der Waals surface area contributed by atoms with E-state index in [-0.39, 0.29) is 12.5 Å². The van der Waals surface area contributed by atoms with Crippen molar-refractivity contribution in [2.24, 2.45) is 0 Å². The van der Waals surface area contributed by atoms with E-state index in [0.29, 0.717) is 6.42 Å². The predicted molar refractivity (Wildman–Crippen MR) is 102 cm³/mol. The van der Waals surface area contributed by atoms with Crippen molar-refractivity contribution < 1.29 is 31.5 Å². The monoisotopic (exact) mass is 422 g/mol. The van der Waals surface area contributed by atoms with Crippen molar-refractivity contribution in [1.82, 2.24) is 0 Å². The van der Waals surface area contributed by atoms with Gasteiger partial charge >= 0.3 is 5.97 Å². The highest BCUT2D eigenvalue weighted by Crippen LogP contribution is 2.27. The summed E-state index contributed by atoms with van der Waals surface area (Å²) < 4.78 is 70.8. The summed E-state index contributed by atoms with van der Waals surface area (Å²) in [6.45, 7) is 2.20. The fraction of sp³-hybridized carbons (Fsp3) is 0.682. The summed E-state index contributed by atoms with van der Waals surface area (Å²) in [6.07, 6.45) is 10.5. The van der Waals surface area contributed by atoms with E-state index in [4.69, 9.17) is 0 Å². The largest absolute Gasteiger partial charge is 0.427 e. The van der Waals surface area contributed by atoms with Gasteiger partial charge in [-0.3, -0.25) is 4.79 Å². The van der Waals surface area contributed by atoms with Crippen LogP contribution in [0.1, 0.15) is 102 Å². The highest BCUT2D eigenvalue weighted by Gasteiger charge is 2.26. The average Bonchev–Trinajstić information content (AvgIpc) is 2.69. The van der Waals surface area contributed by atoms with Crippen LogP contribution < -0.4 is 0 Å². The van der Waals surface area contributed by atoms with Gasteiger partial charge in [0.2, 0.25) is 0 Å². The van der Waals surface area contributed by atoms with Crippen molar-refractivity contribution in [3.05, 3.63) is 34.9 Å². The quantitative estimate of drug-likeness (QED) is 0.0946. The Morgan fingerprint density at radius 3 is 1.79 bits per heavy atom. The molecule has 0 aromatic heterocycles. The first kappa shape index (κ1) is 25.4. The maximum Gasteiger partial charge on any atom is 0.308 e. The second kappa shape index (κ2) is 14.3. The summed E-state index contributed by atoms with van der Waals surface area (Å²) >= 11 is 0. The molecular formula is C22H31F5O2. The van der Waals surface area contributed by atoms with Crippen molar-refractivity contribution in [2.75, 3.05) is 0 Å². The Morgan fingerprint density at radius 2 is 1.28 bits per heavy atom. The van der Waals surface area contributed by atoms with Gasteiger partial charge in [-0.15, -0.1) is 0 Å². The van der Waals surface area contributed by atoms with Gasteiger partial charge in [0.05, 0.1) is 5.56 Å². The van der Waals surface area contributed by atoms with Crippen molar-refractivity contribution in [3.63, 3.8) is 0 Å². The number of rotatable bonds is 15. The van der Waals surface area contributed by atoms with Crippen molar-refractivity contribution in [3.8, 4) is 0 Å². The van der Waals surface area contributed by atoms with Gasteiger partial charge in [-0.1, -0.05) is 77.6 Å². The SMILES string of the molecule is CCCCCCCCCCCCCCC(=O)OC(F)c1cc(F)c(F)c(F)c1F. The summed E-state index contributed by atoms with van der Waals surface area (Å²) in [6, 6.07) is 0.148. The van der Waals surface area contributed by atoms with Crippen LogP contribution in [0.2, 0.25) is 0 Å². The molecule has 0 aliphatic heterocycles. The van der Waals surface area contributed by atoms with Gasteiger partial charge in [0.1, 0.15) is 0 Å². The highest BCUT2D eigenvalue weighted by atomic mass is 19.2. The third-order valence-electron chi connectivity index (χ3n) is 4.84. The van der Waals surface area contributed by atoms with Crippen LogP contribution >= 0.6 is 0 Å². The number of carbonyl (C=O) groups is 1. The lowest BCUT2D eigenvalue weighted by atomic mass is 10.0. The molecule has 0 aliphatic carbocycles. The van der Waals surface area contributed by atoms with Gasteiger partial charge in [0, 0.05) is 6.42 Å². The molecule has 0 saturated heterocycles. The number of hydrogen-bond acceptors (Lipinski definition) is 2. The molecular weight excluding hydrogens is 391 g/mol. The van der Waals surface area contributed by atoms with E-state index in [2.05, 4.69) is 11.7 Å². The van der Waals surface area contributed by atoms with E-state index in [9.17, 15) is 26.7 Å². The summed E-state index contributed by atoms with van der Waals surface area (Å²) in [4.78, 5) is 11.6. The first-order valence-electron chi connectivity index (χ1n) is 10.5. The molecule has 1 atom stereocenters. The molecule has 1 unspecified atom stereocenters. The number of halogens is 5. The Kier molecular flexibility index (Phi) is 12.6. The molecule has 1 aromatic rings. The first-order valence-corrected chi connectivity index (χ1v) is 10.5. The minimum Gasteiger partial charge on any atom is -0.427 e. The first-order chi connectivity index (χ1) is 13.9. The second-order valence-electron chi connectivity index (χ2n) is 7.33. The van der Waals surface area contributed by atoms with Gasteiger partial charge in [0.25, 0.3) is 6.36 Å². The lowest BCUT2D eigenvalue weighted by Gasteiger charge is -2.12. The van der Waals surface area contributed by atoms with Crippen LogP contribution in [-0.2, 0) is 9.53 Å². The van der Waals surface area contributed by atoms with Crippen LogP contribution in [0.15, 0.2) is 6.07 Å². The number of ether oxygens (including phenoxy) is 1. The second-order valence-corrected chi connectivity index (χ2v) is 7.33. The maximum atomic E-state index is 13.8. The summed E-state index contributed by atoms with van der Waals surface area (Å²) in [5, 5.41) is 0. The third-order valence-corrected chi connectivity index (χ3v) is 4.84. The number of benzene rings is 1. The fourth-order valence-corrected chi connectivity index (χ4v) is 3.10. The lowest BCUT2D eigenvalue weighted by molar-refractivity contribution is -0.159. The van der Waals surface area contributed by atoms with Gasteiger partial charge in [0.15, 0.2) is 23.3 Å². The number of hydrogen-bond donors (Lipinski definition) is 0. The smallest absolute Gasteiger partial charge is 0.308 e. The molecule has 0 fully saturated rings. The molecule has 0 aliphatic rings. The molecule has 0 bridgehead atoms. The Hall–Kier alpha value is -1.66. The average molecular weight is 422 g/mol. The molecule has 0 spiro atoms. The predicted octanol–water partition coefficient (Wildman–Crippen LogP) is 7.85. The topological polar surface area (TPSA) is 26.3 Å². The van der Waals surface area contributed by atoms with E-state index >= 15 is 0 Å². The molecule has 0 N–H and O–H groups in total. The number of carbonyl (C=O) groups excluding carboxylic acids is 1. The molecule has 7 heteroatoms. The van der Waals surface area contributed by atoms with E-state index in [1.807, 2.05) is 0 Å². The number of unbranched alkanes of at least 4 members (excludes halogenated alkanes) is 11.